The van der Waals surface area contributed by atoms with Crippen LogP contribution in [-0.2, 0) is 0 Å². The fourth-order valence-electron chi connectivity index (χ4n) is 1.50. The first kappa shape index (κ1) is 12.1. The summed E-state index contributed by atoms with van der Waals surface area (Å²) < 4.78 is 0.368. The minimum Gasteiger partial charge on any atom is -0.258 e. The van der Waals surface area contributed by atoms with E-state index in [0.29, 0.717) is 4.58 Å². The summed E-state index contributed by atoms with van der Waals surface area (Å²) >= 11 is 9.63. The van der Waals surface area contributed by atoms with Crippen molar-refractivity contribution in [2.24, 2.45) is 0 Å². The zero-order valence-corrected chi connectivity index (χ0v) is 10.8. The van der Waals surface area contributed by atoms with Crippen molar-refractivity contribution < 1.29 is 4.92 Å². The molecule has 0 N–H and O–H groups in total. The number of hydrogen-bond acceptors (Lipinski definition) is 4. The quantitative estimate of drug-likeness (QED) is 0.602. The van der Waals surface area contributed by atoms with Crippen molar-refractivity contribution >= 4 is 40.8 Å². The fourth-order valence-corrected chi connectivity index (χ4v) is 4.63. The lowest BCUT2D eigenvalue weighted by molar-refractivity contribution is -0.384. The van der Waals surface area contributed by atoms with Crippen LogP contribution in [0.3, 0.4) is 0 Å². The van der Waals surface area contributed by atoms with Crippen LogP contribution in [0.4, 0.5) is 5.69 Å². The maximum atomic E-state index is 10.6. The number of thioether (sulfide) groups is 2. The first-order chi connectivity index (χ1) is 7.68. The Balaban J connectivity index is 2.23. The van der Waals surface area contributed by atoms with Gasteiger partial charge >= 0.3 is 0 Å². The molecule has 0 bridgehead atoms. The molecule has 0 amide bonds. The lowest BCUT2D eigenvalue weighted by atomic mass is 10.2. The van der Waals surface area contributed by atoms with Gasteiger partial charge in [-0.2, -0.15) is 0 Å². The average Bonchev–Trinajstić information content (AvgIpc) is 2.29. The first-order valence-corrected chi connectivity index (χ1v) is 7.33. The van der Waals surface area contributed by atoms with Crippen LogP contribution in [0.5, 0.6) is 0 Å². The van der Waals surface area contributed by atoms with E-state index in [2.05, 4.69) is 0 Å². The van der Waals surface area contributed by atoms with E-state index in [1.165, 1.54) is 12.5 Å². The van der Waals surface area contributed by atoms with Crippen LogP contribution in [0.25, 0.3) is 0 Å². The Bertz CT molecular complexity index is 408. The molecule has 1 fully saturated rings. The molecule has 16 heavy (non-hydrogen) atoms. The zero-order valence-electron chi connectivity index (χ0n) is 8.39. The summed E-state index contributed by atoms with van der Waals surface area (Å²) in [6.07, 6.45) is 1.23. The van der Waals surface area contributed by atoms with Crippen molar-refractivity contribution in [3.8, 4) is 0 Å². The van der Waals surface area contributed by atoms with Crippen molar-refractivity contribution in [2.45, 2.75) is 11.0 Å². The Hall–Kier alpha value is -0.390. The summed E-state index contributed by atoms with van der Waals surface area (Å²) in [6.45, 7) is 0. The van der Waals surface area contributed by atoms with Gasteiger partial charge in [0, 0.05) is 6.07 Å². The second-order valence-electron chi connectivity index (χ2n) is 3.40. The van der Waals surface area contributed by atoms with Gasteiger partial charge < -0.3 is 0 Å². The predicted octanol–water partition coefficient (Wildman–Crippen LogP) is 4.12. The summed E-state index contributed by atoms with van der Waals surface area (Å²) in [6, 6.07) is 5.02. The van der Waals surface area contributed by atoms with E-state index in [9.17, 15) is 10.1 Å². The van der Waals surface area contributed by atoms with Crippen LogP contribution in [0.1, 0.15) is 16.6 Å². The number of halogens is 1. The van der Waals surface area contributed by atoms with Gasteiger partial charge in [0.05, 0.1) is 9.51 Å². The van der Waals surface area contributed by atoms with Gasteiger partial charge in [0.15, 0.2) is 0 Å². The van der Waals surface area contributed by atoms with Crippen LogP contribution in [-0.4, -0.2) is 16.4 Å². The summed E-state index contributed by atoms with van der Waals surface area (Å²) in [7, 11) is 0. The fraction of sp³-hybridized carbons (Fsp3) is 0.400. The number of nitro groups is 1. The minimum absolute atomic E-state index is 0.0174. The van der Waals surface area contributed by atoms with Crippen molar-refractivity contribution in [2.75, 3.05) is 11.5 Å². The zero-order chi connectivity index (χ0) is 11.5. The van der Waals surface area contributed by atoms with Crippen molar-refractivity contribution in [1.82, 2.24) is 0 Å². The third-order valence-corrected chi connectivity index (χ3v) is 5.59. The number of nitrogens with zero attached hydrogens (tertiary/aromatic N) is 1. The molecule has 3 nitrogen and oxygen atoms in total. The SMILES string of the molecule is O=[N+]([O-])c1ccc(C2SCCCS2)cc1Cl. The number of benzene rings is 1. The Labute approximate surface area is 107 Å². The molecule has 1 heterocycles. The van der Waals surface area contributed by atoms with E-state index >= 15 is 0 Å². The first-order valence-electron chi connectivity index (χ1n) is 4.85. The second kappa shape index (κ2) is 5.29. The van der Waals surface area contributed by atoms with E-state index in [1.807, 2.05) is 23.5 Å². The molecule has 1 aliphatic heterocycles. The molecule has 0 spiro atoms. The van der Waals surface area contributed by atoms with E-state index in [4.69, 9.17) is 11.6 Å². The summed E-state index contributed by atoms with van der Waals surface area (Å²) in [5.41, 5.74) is 1.06. The molecule has 0 aliphatic carbocycles. The van der Waals surface area contributed by atoms with Crippen LogP contribution in [0.15, 0.2) is 18.2 Å². The van der Waals surface area contributed by atoms with Crippen molar-refractivity contribution in [3.05, 3.63) is 38.9 Å². The average molecular weight is 276 g/mol. The van der Waals surface area contributed by atoms with E-state index < -0.39 is 4.92 Å². The highest BCUT2D eigenvalue weighted by Gasteiger charge is 2.19. The number of rotatable bonds is 2. The molecule has 6 heteroatoms. The Morgan fingerprint density at radius 3 is 2.62 bits per heavy atom. The minimum atomic E-state index is -0.451. The highest BCUT2D eigenvalue weighted by Crippen LogP contribution is 2.44. The van der Waals surface area contributed by atoms with E-state index in [1.54, 1.807) is 12.1 Å². The molecule has 1 saturated heterocycles. The summed E-state index contributed by atoms with van der Waals surface area (Å²) in [5, 5.41) is 10.9. The molecule has 1 aliphatic rings. The maximum absolute atomic E-state index is 10.6. The molecule has 0 saturated carbocycles. The third kappa shape index (κ3) is 2.64. The van der Waals surface area contributed by atoms with E-state index in [-0.39, 0.29) is 10.7 Å². The summed E-state index contributed by atoms with van der Waals surface area (Å²) in [5.74, 6) is 2.29. The topological polar surface area (TPSA) is 43.1 Å². The van der Waals surface area contributed by atoms with Crippen LogP contribution >= 0.6 is 35.1 Å². The Morgan fingerprint density at radius 2 is 2.06 bits per heavy atom. The standard InChI is InChI=1S/C10H10ClNO2S2/c11-8-6-7(2-3-9(8)12(13)14)10-15-4-1-5-16-10/h2-3,6,10H,1,4-5H2. The van der Waals surface area contributed by atoms with Crippen LogP contribution < -0.4 is 0 Å². The molecule has 2 rings (SSSR count). The maximum Gasteiger partial charge on any atom is 0.287 e. The van der Waals surface area contributed by atoms with Gasteiger partial charge in [0.2, 0.25) is 0 Å². The molecule has 0 radical (unpaired) electrons. The van der Waals surface area contributed by atoms with Crippen molar-refractivity contribution in [1.29, 1.82) is 0 Å². The molecular weight excluding hydrogens is 266 g/mol. The smallest absolute Gasteiger partial charge is 0.258 e. The number of hydrogen-bond donors (Lipinski definition) is 0. The molecule has 1 aromatic rings. The Kier molecular flexibility index (Phi) is 4.00. The Morgan fingerprint density at radius 1 is 1.38 bits per heavy atom. The number of nitro benzene ring substituents is 1. The van der Waals surface area contributed by atoms with E-state index in [0.717, 1.165) is 17.1 Å². The van der Waals surface area contributed by atoms with Gasteiger partial charge in [-0.25, -0.2) is 0 Å². The highest BCUT2D eigenvalue weighted by molar-refractivity contribution is 8.16. The highest BCUT2D eigenvalue weighted by atomic mass is 35.5. The summed E-state index contributed by atoms with van der Waals surface area (Å²) in [4.78, 5) is 10.2. The van der Waals surface area contributed by atoms with Gasteiger partial charge in [-0.05, 0) is 29.6 Å². The van der Waals surface area contributed by atoms with Crippen LogP contribution in [0, 0.1) is 10.1 Å². The third-order valence-electron chi connectivity index (χ3n) is 2.27. The van der Waals surface area contributed by atoms with Crippen molar-refractivity contribution in [3.63, 3.8) is 0 Å². The lowest BCUT2D eigenvalue weighted by Crippen LogP contribution is -2.00. The molecule has 0 aromatic heterocycles. The van der Waals surface area contributed by atoms with Gasteiger partial charge in [-0.15, -0.1) is 23.5 Å². The predicted molar refractivity (Wildman–Crippen MR) is 70.4 cm³/mol. The van der Waals surface area contributed by atoms with Gasteiger partial charge in [0.25, 0.3) is 5.69 Å². The molecule has 86 valence electrons. The largest absolute Gasteiger partial charge is 0.287 e. The van der Waals surface area contributed by atoms with Gasteiger partial charge in [0.1, 0.15) is 5.02 Å². The van der Waals surface area contributed by atoms with Gasteiger partial charge in [-0.3, -0.25) is 10.1 Å². The molecule has 1 aromatic carbocycles. The molecular formula is C10H10ClNO2S2. The van der Waals surface area contributed by atoms with Crippen LogP contribution in [0.2, 0.25) is 5.02 Å². The normalized spacial score (nSPS) is 17.3. The van der Waals surface area contributed by atoms with Gasteiger partial charge in [-0.1, -0.05) is 17.7 Å². The molecule has 0 unspecified atom stereocenters. The molecule has 0 atom stereocenters. The monoisotopic (exact) mass is 275 g/mol. The lowest BCUT2D eigenvalue weighted by Gasteiger charge is -2.21. The second-order valence-corrected chi connectivity index (χ2v) is 6.53.